The molecule has 0 aliphatic carbocycles. The summed E-state index contributed by atoms with van der Waals surface area (Å²) in [7, 11) is 0. The highest BCUT2D eigenvalue weighted by Crippen LogP contribution is 2.22. The predicted octanol–water partition coefficient (Wildman–Crippen LogP) is 2.91. The molecule has 0 aliphatic heterocycles. The normalized spacial score (nSPS) is 10.7. The van der Waals surface area contributed by atoms with E-state index in [1.165, 1.54) is 0 Å². The Kier molecular flexibility index (Phi) is 2.49. The average Bonchev–Trinajstić information content (AvgIpc) is 2.81. The van der Waals surface area contributed by atoms with Gasteiger partial charge in [-0.15, -0.1) is 0 Å². The van der Waals surface area contributed by atoms with E-state index in [1.807, 2.05) is 47.2 Å². The molecule has 4 nitrogen and oxygen atoms in total. The van der Waals surface area contributed by atoms with E-state index in [1.54, 1.807) is 12.1 Å². The summed E-state index contributed by atoms with van der Waals surface area (Å²) in [5.41, 5.74) is 8.68. The lowest BCUT2D eigenvalue weighted by molar-refractivity contribution is 0.0697. The number of hydrogen-bond donors (Lipinski definition) is 2. The monoisotopic (exact) mass is 252 g/mol. The number of hydrogen-bond acceptors (Lipinski definition) is 2. The van der Waals surface area contributed by atoms with Crippen LogP contribution in [0.5, 0.6) is 0 Å². The Morgan fingerprint density at radius 2 is 1.95 bits per heavy atom. The van der Waals surface area contributed by atoms with Gasteiger partial charge >= 0.3 is 5.97 Å². The van der Waals surface area contributed by atoms with Crippen LogP contribution in [-0.4, -0.2) is 15.6 Å². The van der Waals surface area contributed by atoms with Crippen LogP contribution >= 0.6 is 0 Å². The molecule has 0 spiro atoms. The van der Waals surface area contributed by atoms with Crippen molar-refractivity contribution in [3.63, 3.8) is 0 Å². The molecule has 3 N–H and O–H groups in total. The number of aromatic nitrogens is 1. The molecule has 0 atom stereocenters. The Labute approximate surface area is 109 Å². The van der Waals surface area contributed by atoms with E-state index in [0.717, 1.165) is 16.6 Å². The van der Waals surface area contributed by atoms with Gasteiger partial charge in [0, 0.05) is 23.0 Å². The molecule has 19 heavy (non-hydrogen) atoms. The van der Waals surface area contributed by atoms with Crippen LogP contribution in [0.2, 0.25) is 0 Å². The van der Waals surface area contributed by atoms with Crippen molar-refractivity contribution in [2.75, 3.05) is 5.73 Å². The van der Waals surface area contributed by atoms with Gasteiger partial charge in [-0.05, 0) is 42.5 Å². The molecule has 4 heteroatoms. The zero-order chi connectivity index (χ0) is 13.4. The van der Waals surface area contributed by atoms with Gasteiger partial charge in [-0.1, -0.05) is 6.07 Å². The zero-order valence-corrected chi connectivity index (χ0v) is 10.1. The first-order valence-corrected chi connectivity index (χ1v) is 5.85. The van der Waals surface area contributed by atoms with Crippen molar-refractivity contribution in [1.82, 2.24) is 4.57 Å². The first-order valence-electron chi connectivity index (χ1n) is 5.85. The number of aromatic carboxylic acids is 1. The van der Waals surface area contributed by atoms with Crippen LogP contribution in [0.15, 0.2) is 54.7 Å². The van der Waals surface area contributed by atoms with E-state index in [4.69, 9.17) is 10.8 Å². The SMILES string of the molecule is Nc1cccc(-n2ccc3cc(C(=O)O)ccc32)c1. The third-order valence-corrected chi connectivity index (χ3v) is 3.09. The maximum atomic E-state index is 10.9. The minimum Gasteiger partial charge on any atom is -0.478 e. The van der Waals surface area contributed by atoms with Crippen LogP contribution in [0, 0.1) is 0 Å². The minimum atomic E-state index is -0.918. The van der Waals surface area contributed by atoms with Crippen LogP contribution in [0.1, 0.15) is 10.4 Å². The van der Waals surface area contributed by atoms with Crippen molar-refractivity contribution >= 4 is 22.6 Å². The lowest BCUT2D eigenvalue weighted by Crippen LogP contribution is -1.96. The molecule has 0 radical (unpaired) electrons. The van der Waals surface area contributed by atoms with Gasteiger partial charge in [-0.2, -0.15) is 0 Å². The summed E-state index contributed by atoms with van der Waals surface area (Å²) >= 11 is 0. The first kappa shape index (κ1) is 11.3. The second-order valence-corrected chi connectivity index (χ2v) is 4.36. The minimum absolute atomic E-state index is 0.290. The van der Waals surface area contributed by atoms with Crippen LogP contribution in [0.25, 0.3) is 16.6 Å². The van der Waals surface area contributed by atoms with Gasteiger partial charge in [-0.25, -0.2) is 4.79 Å². The maximum Gasteiger partial charge on any atom is 0.335 e. The molecule has 0 bridgehead atoms. The molecular formula is C15H12N2O2. The number of carbonyl (C=O) groups is 1. The van der Waals surface area contributed by atoms with Crippen molar-refractivity contribution in [2.45, 2.75) is 0 Å². The fourth-order valence-electron chi connectivity index (χ4n) is 2.18. The van der Waals surface area contributed by atoms with Gasteiger partial charge in [0.15, 0.2) is 0 Å². The summed E-state index contributed by atoms with van der Waals surface area (Å²) in [4.78, 5) is 10.9. The number of nitrogen functional groups attached to an aromatic ring is 1. The third-order valence-electron chi connectivity index (χ3n) is 3.09. The zero-order valence-electron chi connectivity index (χ0n) is 10.1. The molecule has 0 aliphatic rings. The standard InChI is InChI=1S/C15H12N2O2/c16-12-2-1-3-13(9-12)17-7-6-10-8-11(15(18)19)4-5-14(10)17/h1-9H,16H2,(H,18,19). The van der Waals surface area contributed by atoms with Gasteiger partial charge in [0.1, 0.15) is 0 Å². The number of fused-ring (bicyclic) bond motifs is 1. The van der Waals surface area contributed by atoms with Crippen molar-refractivity contribution in [1.29, 1.82) is 0 Å². The van der Waals surface area contributed by atoms with Gasteiger partial charge in [-0.3, -0.25) is 0 Å². The summed E-state index contributed by atoms with van der Waals surface area (Å²) in [6.07, 6.45) is 1.91. The van der Waals surface area contributed by atoms with E-state index in [-0.39, 0.29) is 5.56 Å². The Balaban J connectivity index is 2.18. The molecule has 94 valence electrons. The average molecular weight is 252 g/mol. The Morgan fingerprint density at radius 1 is 1.11 bits per heavy atom. The van der Waals surface area contributed by atoms with Crippen LogP contribution in [-0.2, 0) is 0 Å². The maximum absolute atomic E-state index is 10.9. The topological polar surface area (TPSA) is 68.2 Å². The van der Waals surface area contributed by atoms with Gasteiger partial charge in [0.2, 0.25) is 0 Å². The van der Waals surface area contributed by atoms with Gasteiger partial charge in [0.25, 0.3) is 0 Å². The molecule has 0 fully saturated rings. The lowest BCUT2D eigenvalue weighted by Gasteiger charge is -2.06. The molecule has 2 aromatic carbocycles. The molecule has 0 amide bonds. The van der Waals surface area contributed by atoms with Crippen LogP contribution in [0.3, 0.4) is 0 Å². The number of carboxylic acid groups (broad SMARTS) is 1. The van der Waals surface area contributed by atoms with E-state index < -0.39 is 5.97 Å². The highest BCUT2D eigenvalue weighted by atomic mass is 16.4. The second kappa shape index (κ2) is 4.17. The fraction of sp³-hybridized carbons (Fsp3) is 0. The summed E-state index contributed by atoms with van der Waals surface area (Å²) < 4.78 is 1.98. The largest absolute Gasteiger partial charge is 0.478 e. The first-order chi connectivity index (χ1) is 9.15. The Morgan fingerprint density at radius 3 is 2.68 bits per heavy atom. The van der Waals surface area contributed by atoms with Crippen molar-refractivity contribution < 1.29 is 9.90 Å². The van der Waals surface area contributed by atoms with Gasteiger partial charge < -0.3 is 15.4 Å². The third kappa shape index (κ3) is 1.93. The highest BCUT2D eigenvalue weighted by Gasteiger charge is 2.07. The number of nitrogens with two attached hydrogens (primary N) is 1. The Hall–Kier alpha value is -2.75. The molecular weight excluding hydrogens is 240 g/mol. The highest BCUT2D eigenvalue weighted by molar-refractivity contribution is 5.94. The van der Waals surface area contributed by atoms with E-state index in [2.05, 4.69) is 0 Å². The van der Waals surface area contributed by atoms with Crippen molar-refractivity contribution in [3.05, 3.63) is 60.3 Å². The van der Waals surface area contributed by atoms with Crippen LogP contribution < -0.4 is 5.73 Å². The molecule has 0 unspecified atom stereocenters. The summed E-state index contributed by atoms with van der Waals surface area (Å²) in [5.74, 6) is -0.918. The second-order valence-electron chi connectivity index (χ2n) is 4.36. The van der Waals surface area contributed by atoms with E-state index in [9.17, 15) is 4.79 Å². The number of carboxylic acids is 1. The van der Waals surface area contributed by atoms with Crippen molar-refractivity contribution in [2.24, 2.45) is 0 Å². The lowest BCUT2D eigenvalue weighted by atomic mass is 10.1. The summed E-state index contributed by atoms with van der Waals surface area (Å²) in [6, 6.07) is 14.5. The molecule has 0 saturated heterocycles. The van der Waals surface area contributed by atoms with Gasteiger partial charge in [0.05, 0.1) is 11.1 Å². The van der Waals surface area contributed by atoms with E-state index in [0.29, 0.717) is 5.69 Å². The molecule has 3 aromatic rings. The molecule has 1 heterocycles. The molecule has 1 aromatic heterocycles. The predicted molar refractivity (Wildman–Crippen MR) is 74.6 cm³/mol. The molecule has 3 rings (SSSR count). The number of benzene rings is 2. The number of anilines is 1. The smallest absolute Gasteiger partial charge is 0.335 e. The number of rotatable bonds is 2. The van der Waals surface area contributed by atoms with E-state index >= 15 is 0 Å². The quantitative estimate of drug-likeness (QED) is 0.689. The fourth-order valence-corrected chi connectivity index (χ4v) is 2.18. The summed E-state index contributed by atoms with van der Waals surface area (Å²) in [6.45, 7) is 0. The van der Waals surface area contributed by atoms with Crippen molar-refractivity contribution in [3.8, 4) is 5.69 Å². The van der Waals surface area contributed by atoms with Crippen LogP contribution in [0.4, 0.5) is 5.69 Å². The summed E-state index contributed by atoms with van der Waals surface area (Å²) in [5, 5.41) is 9.87. The Bertz CT molecular complexity index is 775. The molecule has 0 saturated carbocycles. The number of nitrogens with zero attached hydrogens (tertiary/aromatic N) is 1.